The van der Waals surface area contributed by atoms with Crippen LogP contribution in [0, 0.1) is 5.41 Å². The molecule has 0 heterocycles. The third-order valence-electron chi connectivity index (χ3n) is 5.24. The molecular formula is C21H37IN4O. The molecule has 0 aliphatic heterocycles. The fourth-order valence-electron chi connectivity index (χ4n) is 3.49. The molecule has 2 N–H and O–H groups in total. The maximum Gasteiger partial charge on any atom is 0.191 e. The minimum atomic E-state index is 0. The quantitative estimate of drug-likeness (QED) is 0.300. The lowest BCUT2D eigenvalue weighted by Gasteiger charge is -2.42. The molecular weight excluding hydrogens is 451 g/mol. The number of nitrogens with one attached hydrogen (secondary N) is 2. The molecule has 1 aromatic carbocycles. The van der Waals surface area contributed by atoms with Gasteiger partial charge in [0.1, 0.15) is 0 Å². The van der Waals surface area contributed by atoms with Gasteiger partial charge in [-0.05, 0) is 56.8 Å². The van der Waals surface area contributed by atoms with Gasteiger partial charge in [-0.15, -0.1) is 24.0 Å². The summed E-state index contributed by atoms with van der Waals surface area (Å²) in [5, 5.41) is 6.96. The lowest BCUT2D eigenvalue weighted by molar-refractivity contribution is 0.0732. The first-order chi connectivity index (χ1) is 12.6. The van der Waals surface area contributed by atoms with Crippen molar-refractivity contribution in [1.82, 2.24) is 15.5 Å². The Balaban J connectivity index is 0.00000364. The van der Waals surface area contributed by atoms with E-state index in [2.05, 4.69) is 60.8 Å². The van der Waals surface area contributed by atoms with Crippen LogP contribution in [0.5, 0.6) is 0 Å². The Morgan fingerprint density at radius 3 is 2.44 bits per heavy atom. The number of benzene rings is 1. The average molecular weight is 488 g/mol. The number of hydrogen-bond donors (Lipinski definition) is 2. The summed E-state index contributed by atoms with van der Waals surface area (Å²) >= 11 is 0. The number of hydrogen-bond acceptors (Lipinski definition) is 3. The largest absolute Gasteiger partial charge is 0.385 e. The van der Waals surface area contributed by atoms with E-state index in [9.17, 15) is 0 Å². The summed E-state index contributed by atoms with van der Waals surface area (Å²) in [6, 6.07) is 8.57. The molecule has 0 atom stereocenters. The second-order valence-corrected chi connectivity index (χ2v) is 7.65. The van der Waals surface area contributed by atoms with Crippen LogP contribution in [-0.2, 0) is 17.8 Å². The van der Waals surface area contributed by atoms with Crippen LogP contribution in [0.3, 0.4) is 0 Å². The molecule has 1 aliphatic rings. The highest BCUT2D eigenvalue weighted by Crippen LogP contribution is 2.43. The Hall–Kier alpha value is -0.860. The maximum atomic E-state index is 5.30. The van der Waals surface area contributed by atoms with E-state index in [1.54, 1.807) is 7.11 Å². The predicted molar refractivity (Wildman–Crippen MR) is 125 cm³/mol. The number of rotatable bonds is 10. The SMILES string of the molecule is CCNC(=NCc1ccccc1CN(C)C)NCC1(CCOC)CCC1.I. The molecule has 0 amide bonds. The van der Waals surface area contributed by atoms with E-state index < -0.39 is 0 Å². The third-order valence-corrected chi connectivity index (χ3v) is 5.24. The summed E-state index contributed by atoms with van der Waals surface area (Å²) in [6.07, 6.45) is 5.03. The topological polar surface area (TPSA) is 48.9 Å². The summed E-state index contributed by atoms with van der Waals surface area (Å²) in [5.41, 5.74) is 3.01. The van der Waals surface area contributed by atoms with E-state index in [4.69, 9.17) is 9.73 Å². The molecule has 1 fully saturated rings. The summed E-state index contributed by atoms with van der Waals surface area (Å²) < 4.78 is 5.30. The molecule has 27 heavy (non-hydrogen) atoms. The molecule has 0 bridgehead atoms. The van der Waals surface area contributed by atoms with Gasteiger partial charge in [0.2, 0.25) is 0 Å². The van der Waals surface area contributed by atoms with Crippen molar-refractivity contribution < 1.29 is 4.74 Å². The monoisotopic (exact) mass is 488 g/mol. The molecule has 1 saturated carbocycles. The normalized spacial score (nSPS) is 15.8. The van der Waals surface area contributed by atoms with Gasteiger partial charge in [0.25, 0.3) is 0 Å². The number of methoxy groups -OCH3 is 1. The Bertz CT molecular complexity index is 573. The van der Waals surface area contributed by atoms with Crippen LogP contribution in [0.1, 0.15) is 43.7 Å². The molecule has 154 valence electrons. The zero-order valence-corrected chi connectivity index (χ0v) is 19.7. The fourth-order valence-corrected chi connectivity index (χ4v) is 3.49. The Morgan fingerprint density at radius 1 is 1.19 bits per heavy atom. The van der Waals surface area contributed by atoms with Gasteiger partial charge in [-0.2, -0.15) is 0 Å². The summed E-state index contributed by atoms with van der Waals surface area (Å²) in [5.74, 6) is 0.913. The van der Waals surface area contributed by atoms with Crippen LogP contribution in [0.4, 0.5) is 0 Å². The molecule has 0 unspecified atom stereocenters. The summed E-state index contributed by atoms with van der Waals surface area (Å²) in [4.78, 5) is 7.03. The molecule has 0 radical (unpaired) electrons. The fraction of sp³-hybridized carbons (Fsp3) is 0.667. The lowest BCUT2D eigenvalue weighted by atomic mass is 9.67. The highest BCUT2D eigenvalue weighted by atomic mass is 127. The number of guanidine groups is 1. The van der Waals surface area contributed by atoms with Crippen molar-refractivity contribution in [2.24, 2.45) is 10.4 Å². The Morgan fingerprint density at radius 2 is 1.89 bits per heavy atom. The molecule has 0 spiro atoms. The molecule has 0 aromatic heterocycles. The van der Waals surface area contributed by atoms with E-state index in [1.807, 2.05) is 0 Å². The first-order valence-corrected chi connectivity index (χ1v) is 9.81. The minimum Gasteiger partial charge on any atom is -0.385 e. The van der Waals surface area contributed by atoms with Crippen LogP contribution in [0.15, 0.2) is 29.3 Å². The van der Waals surface area contributed by atoms with Gasteiger partial charge in [0, 0.05) is 33.4 Å². The molecule has 6 heteroatoms. The van der Waals surface area contributed by atoms with Crippen molar-refractivity contribution in [3.8, 4) is 0 Å². The van der Waals surface area contributed by atoms with Gasteiger partial charge in [0.05, 0.1) is 6.54 Å². The summed E-state index contributed by atoms with van der Waals surface area (Å²) in [6.45, 7) is 6.44. The Kier molecular flexibility index (Phi) is 11.3. The van der Waals surface area contributed by atoms with Gasteiger partial charge < -0.3 is 20.3 Å². The highest BCUT2D eigenvalue weighted by Gasteiger charge is 2.36. The van der Waals surface area contributed by atoms with E-state index in [1.165, 1.54) is 30.4 Å². The van der Waals surface area contributed by atoms with Crippen molar-refractivity contribution in [3.63, 3.8) is 0 Å². The van der Waals surface area contributed by atoms with E-state index in [0.717, 1.165) is 38.6 Å². The van der Waals surface area contributed by atoms with Gasteiger partial charge in [0.15, 0.2) is 5.96 Å². The van der Waals surface area contributed by atoms with Crippen LogP contribution < -0.4 is 10.6 Å². The van der Waals surface area contributed by atoms with Gasteiger partial charge in [-0.1, -0.05) is 30.7 Å². The van der Waals surface area contributed by atoms with Crippen molar-refractivity contribution in [2.75, 3.05) is 40.9 Å². The van der Waals surface area contributed by atoms with Crippen molar-refractivity contribution in [2.45, 2.75) is 45.7 Å². The molecule has 2 rings (SSSR count). The Labute approximate surface area is 182 Å². The molecule has 5 nitrogen and oxygen atoms in total. The number of nitrogens with zero attached hydrogens (tertiary/aromatic N) is 2. The van der Waals surface area contributed by atoms with Gasteiger partial charge >= 0.3 is 0 Å². The van der Waals surface area contributed by atoms with Crippen LogP contribution in [0.2, 0.25) is 0 Å². The molecule has 1 aliphatic carbocycles. The maximum absolute atomic E-state index is 5.30. The van der Waals surface area contributed by atoms with Crippen molar-refractivity contribution in [3.05, 3.63) is 35.4 Å². The summed E-state index contributed by atoms with van der Waals surface area (Å²) in [7, 11) is 5.99. The van der Waals surface area contributed by atoms with Crippen LogP contribution in [-0.4, -0.2) is 51.8 Å². The van der Waals surface area contributed by atoms with E-state index in [-0.39, 0.29) is 24.0 Å². The minimum absolute atomic E-state index is 0. The first-order valence-electron chi connectivity index (χ1n) is 9.81. The molecule has 1 aromatic rings. The second kappa shape index (κ2) is 12.6. The zero-order chi connectivity index (χ0) is 18.8. The van der Waals surface area contributed by atoms with Gasteiger partial charge in [-0.3, -0.25) is 0 Å². The number of halogens is 1. The van der Waals surface area contributed by atoms with Crippen molar-refractivity contribution >= 4 is 29.9 Å². The van der Waals surface area contributed by atoms with Gasteiger partial charge in [-0.25, -0.2) is 4.99 Å². The first kappa shape index (κ1) is 24.2. The number of ether oxygens (including phenoxy) is 1. The lowest BCUT2D eigenvalue weighted by Crippen LogP contribution is -2.47. The molecule has 0 saturated heterocycles. The van der Waals surface area contributed by atoms with Crippen molar-refractivity contribution in [1.29, 1.82) is 0 Å². The average Bonchev–Trinajstić information content (AvgIpc) is 2.59. The zero-order valence-electron chi connectivity index (χ0n) is 17.4. The smallest absolute Gasteiger partial charge is 0.191 e. The van der Waals surface area contributed by atoms with E-state index in [0.29, 0.717) is 12.0 Å². The van der Waals surface area contributed by atoms with Crippen LogP contribution >= 0.6 is 24.0 Å². The number of aliphatic imine (C=N–C) groups is 1. The highest BCUT2D eigenvalue weighted by molar-refractivity contribution is 14.0. The van der Waals surface area contributed by atoms with E-state index >= 15 is 0 Å². The third kappa shape index (κ3) is 7.95. The van der Waals surface area contributed by atoms with Crippen LogP contribution in [0.25, 0.3) is 0 Å². The second-order valence-electron chi connectivity index (χ2n) is 7.65. The predicted octanol–water partition coefficient (Wildman–Crippen LogP) is 3.63. The standard InChI is InChI=1S/C21H36N4O.HI/c1-5-22-20(24-17-21(11-8-12-21)13-14-26-4)23-15-18-9-6-7-10-19(18)16-25(2)3;/h6-7,9-10H,5,8,11-17H2,1-4H3,(H2,22,23,24);1H.